The van der Waals surface area contributed by atoms with Crippen LogP contribution in [0.4, 0.5) is 11.1 Å². The Hall–Kier alpha value is -3.74. The maximum absolute atomic E-state index is 12.4. The van der Waals surface area contributed by atoms with Crippen LogP contribution in [0.15, 0.2) is 46.4 Å². The number of carbonyl (C=O) groups excluding carboxylic acids is 1. The number of amides is 1. The number of thiazole rings is 1. The highest BCUT2D eigenvalue weighted by Gasteiger charge is 2.48. The van der Waals surface area contributed by atoms with E-state index in [9.17, 15) is 9.90 Å². The van der Waals surface area contributed by atoms with Crippen molar-refractivity contribution in [1.29, 1.82) is 0 Å². The van der Waals surface area contributed by atoms with E-state index >= 15 is 0 Å². The summed E-state index contributed by atoms with van der Waals surface area (Å²) in [6, 6.07) is 8.82. The van der Waals surface area contributed by atoms with E-state index < -0.39 is 11.5 Å². The number of likely N-dealkylation sites (N-methyl/N-ethyl adjacent to an activating group) is 1. The van der Waals surface area contributed by atoms with Crippen molar-refractivity contribution in [1.82, 2.24) is 34.9 Å². The smallest absolute Gasteiger partial charge is 0.262 e. The SMILES string of the molecule is CN1CCC(O)(c2cc(-c3cccc(-c4ccnc(Nc5nc(CN6CCCC6)cs5)n4)n3)no2)C1=O. The second-order valence-electron chi connectivity index (χ2n) is 9.34. The average molecular weight is 519 g/mol. The minimum Gasteiger partial charge on any atom is -0.373 e. The molecule has 4 aromatic heterocycles. The van der Waals surface area contributed by atoms with Gasteiger partial charge in [-0.05, 0) is 44.1 Å². The van der Waals surface area contributed by atoms with Crippen LogP contribution in [0.1, 0.15) is 30.7 Å². The van der Waals surface area contributed by atoms with Gasteiger partial charge in [0.1, 0.15) is 5.69 Å². The molecule has 2 N–H and O–H groups in total. The highest BCUT2D eigenvalue weighted by Crippen LogP contribution is 2.34. The second kappa shape index (κ2) is 9.61. The number of likely N-dealkylation sites (tertiary alicyclic amines) is 2. The molecule has 0 aliphatic carbocycles. The molecule has 12 heteroatoms. The second-order valence-corrected chi connectivity index (χ2v) is 10.2. The van der Waals surface area contributed by atoms with Crippen LogP contribution in [0.2, 0.25) is 0 Å². The van der Waals surface area contributed by atoms with Crippen molar-refractivity contribution < 1.29 is 14.4 Å². The van der Waals surface area contributed by atoms with Crippen LogP contribution in [0.3, 0.4) is 0 Å². The zero-order valence-corrected chi connectivity index (χ0v) is 21.1. The number of rotatable bonds is 7. The van der Waals surface area contributed by atoms with Crippen LogP contribution in [0.5, 0.6) is 0 Å². The van der Waals surface area contributed by atoms with Gasteiger partial charge in [-0.15, -0.1) is 11.3 Å². The molecule has 2 aliphatic rings. The quantitative estimate of drug-likeness (QED) is 0.376. The molecule has 1 atom stereocenters. The Morgan fingerprint density at radius 1 is 1.08 bits per heavy atom. The summed E-state index contributed by atoms with van der Waals surface area (Å²) in [6.45, 7) is 3.57. The van der Waals surface area contributed by atoms with Gasteiger partial charge in [0, 0.05) is 44.2 Å². The Kier molecular flexibility index (Phi) is 6.14. The summed E-state index contributed by atoms with van der Waals surface area (Å²) in [4.78, 5) is 34.6. The van der Waals surface area contributed by atoms with E-state index in [1.54, 1.807) is 31.4 Å². The molecule has 0 saturated carbocycles. The van der Waals surface area contributed by atoms with Crippen molar-refractivity contribution in [2.75, 3.05) is 32.0 Å². The van der Waals surface area contributed by atoms with E-state index in [0.29, 0.717) is 35.3 Å². The van der Waals surface area contributed by atoms with Crippen molar-refractivity contribution in [2.45, 2.75) is 31.4 Å². The predicted octanol–water partition coefficient (Wildman–Crippen LogP) is 3.04. The lowest BCUT2D eigenvalue weighted by atomic mass is 9.98. The fraction of sp³-hybridized carbons (Fsp3) is 0.360. The number of hydrogen-bond acceptors (Lipinski definition) is 11. The largest absolute Gasteiger partial charge is 0.373 e. The van der Waals surface area contributed by atoms with Crippen molar-refractivity contribution in [2.24, 2.45) is 0 Å². The molecule has 6 heterocycles. The van der Waals surface area contributed by atoms with Gasteiger partial charge in [0.15, 0.2) is 10.9 Å². The third kappa shape index (κ3) is 4.70. The summed E-state index contributed by atoms with van der Waals surface area (Å²) in [7, 11) is 1.65. The number of anilines is 2. The normalized spacial score (nSPS) is 20.2. The Morgan fingerprint density at radius 2 is 1.86 bits per heavy atom. The van der Waals surface area contributed by atoms with Gasteiger partial charge < -0.3 is 19.8 Å². The van der Waals surface area contributed by atoms with Gasteiger partial charge in [0.25, 0.3) is 5.91 Å². The molecule has 1 amide bonds. The van der Waals surface area contributed by atoms with Crippen molar-refractivity contribution in [3.63, 3.8) is 0 Å². The summed E-state index contributed by atoms with van der Waals surface area (Å²) in [5, 5.41) is 20.9. The minimum atomic E-state index is -1.70. The third-order valence-corrected chi connectivity index (χ3v) is 7.52. The molecule has 37 heavy (non-hydrogen) atoms. The summed E-state index contributed by atoms with van der Waals surface area (Å²) in [5.74, 6) is 0.146. The Morgan fingerprint density at radius 3 is 2.65 bits per heavy atom. The molecule has 2 fully saturated rings. The van der Waals surface area contributed by atoms with Crippen molar-refractivity contribution in [3.8, 4) is 22.8 Å². The molecular weight excluding hydrogens is 492 g/mol. The van der Waals surface area contributed by atoms with Gasteiger partial charge in [-0.3, -0.25) is 9.69 Å². The van der Waals surface area contributed by atoms with Crippen molar-refractivity contribution >= 4 is 28.3 Å². The first-order valence-electron chi connectivity index (χ1n) is 12.2. The van der Waals surface area contributed by atoms with Crippen LogP contribution in [-0.2, 0) is 16.9 Å². The fourth-order valence-corrected chi connectivity index (χ4v) is 5.35. The summed E-state index contributed by atoms with van der Waals surface area (Å²) >= 11 is 1.53. The van der Waals surface area contributed by atoms with E-state index in [2.05, 4.69) is 40.7 Å². The molecule has 2 aliphatic heterocycles. The van der Waals surface area contributed by atoms with Crippen LogP contribution >= 0.6 is 11.3 Å². The van der Waals surface area contributed by atoms with Crippen molar-refractivity contribution in [3.05, 3.63) is 53.4 Å². The monoisotopic (exact) mass is 518 g/mol. The molecule has 190 valence electrons. The molecule has 4 aromatic rings. The lowest BCUT2D eigenvalue weighted by Gasteiger charge is -2.16. The number of nitrogens with zero attached hydrogens (tertiary/aromatic N) is 7. The summed E-state index contributed by atoms with van der Waals surface area (Å²) in [6.07, 6.45) is 4.43. The van der Waals surface area contributed by atoms with Crippen LogP contribution in [0, 0.1) is 0 Å². The average Bonchev–Trinajstić information content (AvgIpc) is 3.73. The predicted molar refractivity (Wildman–Crippen MR) is 137 cm³/mol. The number of aliphatic hydroxyl groups is 1. The zero-order chi connectivity index (χ0) is 25.4. The summed E-state index contributed by atoms with van der Waals surface area (Å²) < 4.78 is 5.37. The number of nitrogens with one attached hydrogen (secondary N) is 1. The highest BCUT2D eigenvalue weighted by molar-refractivity contribution is 7.13. The minimum absolute atomic E-state index is 0.116. The van der Waals surface area contributed by atoms with E-state index in [1.165, 1.54) is 29.1 Å². The standard InChI is InChI=1S/C25H26N8O3S/c1-32-12-8-25(35,22(32)34)21-13-20(31-36-21)18-6-4-5-17(28-18)19-7-9-26-23(29-19)30-24-27-16(15-37-24)14-33-10-2-3-11-33/h4-7,9,13,15,35H,2-3,8,10-12,14H2,1H3,(H,26,27,29,30). The molecule has 0 radical (unpaired) electrons. The number of aromatic nitrogens is 5. The van der Waals surface area contributed by atoms with Gasteiger partial charge in [-0.1, -0.05) is 11.2 Å². The summed E-state index contributed by atoms with van der Waals surface area (Å²) in [5.41, 5.74) is 1.56. The van der Waals surface area contributed by atoms with Crippen LogP contribution < -0.4 is 5.32 Å². The number of pyridine rings is 1. The molecule has 0 spiro atoms. The van der Waals surface area contributed by atoms with E-state index in [0.717, 1.165) is 30.5 Å². The molecule has 0 aromatic carbocycles. The van der Waals surface area contributed by atoms with Gasteiger partial charge in [0.2, 0.25) is 11.5 Å². The van der Waals surface area contributed by atoms with Gasteiger partial charge >= 0.3 is 0 Å². The maximum atomic E-state index is 12.4. The van der Waals surface area contributed by atoms with E-state index in [1.807, 2.05) is 12.1 Å². The first kappa shape index (κ1) is 23.6. The van der Waals surface area contributed by atoms with Crippen LogP contribution in [-0.4, -0.2) is 72.6 Å². The highest BCUT2D eigenvalue weighted by atomic mass is 32.1. The molecule has 11 nitrogen and oxygen atoms in total. The van der Waals surface area contributed by atoms with E-state index in [-0.39, 0.29) is 12.2 Å². The third-order valence-electron chi connectivity index (χ3n) is 6.71. The molecule has 2 saturated heterocycles. The molecule has 6 rings (SSSR count). The lowest BCUT2D eigenvalue weighted by Crippen LogP contribution is -2.35. The maximum Gasteiger partial charge on any atom is 0.262 e. The Balaban J connectivity index is 1.19. The first-order valence-corrected chi connectivity index (χ1v) is 13.1. The number of carbonyl (C=O) groups is 1. The molecule has 1 unspecified atom stereocenters. The fourth-order valence-electron chi connectivity index (χ4n) is 4.66. The van der Waals surface area contributed by atoms with Gasteiger partial charge in [-0.25, -0.2) is 19.9 Å². The molecule has 0 bridgehead atoms. The van der Waals surface area contributed by atoms with Crippen LogP contribution in [0.25, 0.3) is 22.8 Å². The van der Waals surface area contributed by atoms with E-state index in [4.69, 9.17) is 4.52 Å². The Bertz CT molecular complexity index is 1430. The lowest BCUT2D eigenvalue weighted by molar-refractivity contribution is -0.144. The number of hydrogen-bond donors (Lipinski definition) is 2. The zero-order valence-electron chi connectivity index (χ0n) is 20.3. The molecular formula is C25H26N8O3S. The Labute approximate surface area is 217 Å². The van der Waals surface area contributed by atoms with Gasteiger partial charge in [-0.2, -0.15) is 0 Å². The topological polar surface area (TPSA) is 133 Å². The van der Waals surface area contributed by atoms with Gasteiger partial charge in [0.05, 0.1) is 22.8 Å². The first-order chi connectivity index (χ1) is 18.0.